The molecule has 4 nitrogen and oxygen atoms in total. The van der Waals surface area contributed by atoms with Crippen molar-refractivity contribution in [3.63, 3.8) is 0 Å². The number of rotatable bonds is 3. The van der Waals surface area contributed by atoms with Crippen molar-refractivity contribution in [2.75, 3.05) is 26.2 Å². The maximum Gasteiger partial charge on any atom is 0.221 e. The van der Waals surface area contributed by atoms with Gasteiger partial charge in [0.25, 0.3) is 0 Å². The molecule has 17 heavy (non-hydrogen) atoms. The maximum absolute atomic E-state index is 11.3. The van der Waals surface area contributed by atoms with Crippen LogP contribution in [0, 0.1) is 11.8 Å². The molecule has 0 aromatic rings. The Morgan fingerprint density at radius 3 is 2.65 bits per heavy atom. The lowest BCUT2D eigenvalue weighted by atomic mass is 9.90. The van der Waals surface area contributed by atoms with Crippen LogP contribution < -0.4 is 11.1 Å². The third-order valence-electron chi connectivity index (χ3n) is 4.36. The maximum atomic E-state index is 11.3. The molecule has 2 aliphatic heterocycles. The van der Waals surface area contributed by atoms with Gasteiger partial charge in [0.1, 0.15) is 0 Å². The predicted octanol–water partition coefficient (Wildman–Crippen LogP) is 0.572. The average molecular weight is 239 g/mol. The molecule has 0 saturated carbocycles. The Morgan fingerprint density at radius 1 is 1.29 bits per heavy atom. The fraction of sp³-hybridized carbons (Fsp3) is 0.923. The second kappa shape index (κ2) is 5.83. The summed E-state index contributed by atoms with van der Waals surface area (Å²) in [5, 5.41) is 3.40. The first-order valence-corrected chi connectivity index (χ1v) is 6.91. The Labute approximate surface area is 104 Å². The molecule has 3 N–H and O–H groups in total. The number of primary amides is 1. The van der Waals surface area contributed by atoms with E-state index in [9.17, 15) is 4.79 Å². The number of amides is 1. The molecule has 0 spiro atoms. The molecule has 2 fully saturated rings. The zero-order chi connectivity index (χ0) is 12.3. The van der Waals surface area contributed by atoms with Crippen molar-refractivity contribution >= 4 is 5.91 Å². The molecule has 0 bridgehead atoms. The number of carbonyl (C=O) groups is 1. The minimum atomic E-state index is -0.118. The highest BCUT2D eigenvalue weighted by Gasteiger charge is 2.30. The third kappa shape index (κ3) is 3.42. The zero-order valence-corrected chi connectivity index (χ0v) is 10.8. The molecule has 98 valence electrons. The number of nitrogens with two attached hydrogens (primary N) is 1. The summed E-state index contributed by atoms with van der Waals surface area (Å²) in [6.07, 6.45) is 4.62. The van der Waals surface area contributed by atoms with Gasteiger partial charge in [-0.3, -0.25) is 9.69 Å². The van der Waals surface area contributed by atoms with Gasteiger partial charge in [-0.15, -0.1) is 0 Å². The van der Waals surface area contributed by atoms with Gasteiger partial charge >= 0.3 is 0 Å². The zero-order valence-electron chi connectivity index (χ0n) is 10.8. The monoisotopic (exact) mass is 239 g/mol. The molecule has 0 aromatic carbocycles. The Hall–Kier alpha value is -0.610. The summed E-state index contributed by atoms with van der Waals surface area (Å²) in [5.41, 5.74) is 5.43. The first kappa shape index (κ1) is 12.8. The average Bonchev–Trinajstić information content (AvgIpc) is 2.33. The van der Waals surface area contributed by atoms with Crippen LogP contribution in [0.2, 0.25) is 0 Å². The largest absolute Gasteiger partial charge is 0.369 e. The summed E-state index contributed by atoms with van der Waals surface area (Å²) in [6.45, 7) is 6.59. The lowest BCUT2D eigenvalue weighted by Crippen LogP contribution is -2.48. The van der Waals surface area contributed by atoms with Crippen LogP contribution in [-0.4, -0.2) is 43.0 Å². The van der Waals surface area contributed by atoms with Gasteiger partial charge in [0.15, 0.2) is 0 Å². The van der Waals surface area contributed by atoms with Crippen LogP contribution >= 0.6 is 0 Å². The van der Waals surface area contributed by atoms with Crippen LogP contribution in [0.1, 0.15) is 32.6 Å². The van der Waals surface area contributed by atoms with Gasteiger partial charge < -0.3 is 11.1 Å². The van der Waals surface area contributed by atoms with Gasteiger partial charge in [-0.25, -0.2) is 0 Å². The molecule has 0 aliphatic carbocycles. The molecule has 1 amide bonds. The van der Waals surface area contributed by atoms with Crippen LogP contribution in [0.25, 0.3) is 0 Å². The molecule has 2 heterocycles. The van der Waals surface area contributed by atoms with E-state index in [2.05, 4.69) is 17.1 Å². The quantitative estimate of drug-likeness (QED) is 0.757. The van der Waals surface area contributed by atoms with Gasteiger partial charge in [0.05, 0.1) is 5.92 Å². The van der Waals surface area contributed by atoms with Crippen LogP contribution in [0.5, 0.6) is 0 Å². The van der Waals surface area contributed by atoms with E-state index in [1.54, 1.807) is 0 Å². The predicted molar refractivity (Wildman–Crippen MR) is 68.5 cm³/mol. The highest BCUT2D eigenvalue weighted by Crippen LogP contribution is 2.24. The fourth-order valence-corrected chi connectivity index (χ4v) is 3.06. The molecule has 2 unspecified atom stereocenters. The van der Waals surface area contributed by atoms with Crippen molar-refractivity contribution in [3.05, 3.63) is 0 Å². The molecular formula is C13H25N3O. The lowest BCUT2D eigenvalue weighted by Gasteiger charge is -2.39. The van der Waals surface area contributed by atoms with E-state index in [1.807, 2.05) is 0 Å². The van der Waals surface area contributed by atoms with Crippen LogP contribution in [0.15, 0.2) is 0 Å². The minimum Gasteiger partial charge on any atom is -0.369 e. The summed E-state index contributed by atoms with van der Waals surface area (Å²) in [4.78, 5) is 13.8. The summed E-state index contributed by atoms with van der Waals surface area (Å²) in [7, 11) is 0. The van der Waals surface area contributed by atoms with Crippen molar-refractivity contribution in [3.8, 4) is 0 Å². The number of likely N-dealkylation sites (tertiary alicyclic amines) is 1. The number of hydrogen-bond acceptors (Lipinski definition) is 3. The molecule has 4 heteroatoms. The van der Waals surface area contributed by atoms with Crippen molar-refractivity contribution in [1.82, 2.24) is 10.2 Å². The Kier molecular flexibility index (Phi) is 4.40. The van der Waals surface area contributed by atoms with Gasteiger partial charge in [0.2, 0.25) is 5.91 Å². The van der Waals surface area contributed by atoms with Crippen LogP contribution in [-0.2, 0) is 4.79 Å². The van der Waals surface area contributed by atoms with E-state index >= 15 is 0 Å². The smallest absolute Gasteiger partial charge is 0.221 e. The molecule has 2 saturated heterocycles. The molecule has 0 radical (unpaired) electrons. The third-order valence-corrected chi connectivity index (χ3v) is 4.36. The number of nitrogens with zero attached hydrogens (tertiary/aromatic N) is 1. The lowest BCUT2D eigenvalue weighted by molar-refractivity contribution is -0.124. The van der Waals surface area contributed by atoms with Gasteiger partial charge in [-0.2, -0.15) is 0 Å². The van der Waals surface area contributed by atoms with Crippen molar-refractivity contribution in [2.45, 2.75) is 38.6 Å². The Balaban J connectivity index is 1.86. The summed E-state index contributed by atoms with van der Waals surface area (Å²) in [6, 6.07) is 0.612. The second-order valence-corrected chi connectivity index (χ2v) is 5.67. The number of hydrogen-bond donors (Lipinski definition) is 2. The normalized spacial score (nSPS) is 32.5. The molecule has 2 atom stereocenters. The molecular weight excluding hydrogens is 214 g/mol. The topological polar surface area (TPSA) is 58.4 Å². The molecule has 2 rings (SSSR count). The highest BCUT2D eigenvalue weighted by atomic mass is 16.1. The Bertz CT molecular complexity index is 263. The van der Waals surface area contributed by atoms with Gasteiger partial charge in [0, 0.05) is 19.1 Å². The van der Waals surface area contributed by atoms with Crippen molar-refractivity contribution in [1.29, 1.82) is 0 Å². The number of piperidine rings is 2. The summed E-state index contributed by atoms with van der Waals surface area (Å²) in [5.74, 6) is 0.755. The van der Waals surface area contributed by atoms with Crippen molar-refractivity contribution < 1.29 is 4.79 Å². The molecule has 0 aromatic heterocycles. The Morgan fingerprint density at radius 2 is 2.00 bits per heavy atom. The molecule has 2 aliphatic rings. The van der Waals surface area contributed by atoms with Crippen molar-refractivity contribution in [2.24, 2.45) is 17.6 Å². The minimum absolute atomic E-state index is 0.0768. The fourth-order valence-electron chi connectivity index (χ4n) is 3.06. The van der Waals surface area contributed by atoms with Crippen LogP contribution in [0.3, 0.4) is 0 Å². The van der Waals surface area contributed by atoms with Gasteiger partial charge in [-0.1, -0.05) is 0 Å². The SMILES string of the molecule is CC1CCC(C(N)=O)CN1CC1CCNCC1. The van der Waals surface area contributed by atoms with E-state index in [4.69, 9.17) is 5.73 Å². The van der Waals surface area contributed by atoms with E-state index in [0.29, 0.717) is 6.04 Å². The van der Waals surface area contributed by atoms with E-state index < -0.39 is 0 Å². The second-order valence-electron chi connectivity index (χ2n) is 5.67. The van der Waals surface area contributed by atoms with E-state index in [-0.39, 0.29) is 11.8 Å². The highest BCUT2D eigenvalue weighted by molar-refractivity contribution is 5.76. The van der Waals surface area contributed by atoms with E-state index in [1.165, 1.54) is 12.8 Å². The summed E-state index contributed by atoms with van der Waals surface area (Å²) < 4.78 is 0. The van der Waals surface area contributed by atoms with Gasteiger partial charge in [-0.05, 0) is 51.6 Å². The number of nitrogens with one attached hydrogen (secondary N) is 1. The first-order chi connectivity index (χ1) is 8.16. The number of carbonyl (C=O) groups excluding carboxylic acids is 1. The summed E-state index contributed by atoms with van der Waals surface area (Å²) >= 11 is 0. The van der Waals surface area contributed by atoms with Crippen LogP contribution in [0.4, 0.5) is 0 Å². The standard InChI is InChI=1S/C13H25N3O/c1-10-2-3-12(13(14)17)9-16(10)8-11-4-6-15-7-5-11/h10-12,15H,2-9H2,1H3,(H2,14,17). The first-order valence-electron chi connectivity index (χ1n) is 6.91. The van der Waals surface area contributed by atoms with E-state index in [0.717, 1.165) is 44.9 Å².